The fraction of sp³-hybridized carbons (Fsp3) is 0.250. The summed E-state index contributed by atoms with van der Waals surface area (Å²) in [5.41, 5.74) is -2.13. The summed E-state index contributed by atoms with van der Waals surface area (Å²) in [6.45, 7) is 3.95. The summed E-state index contributed by atoms with van der Waals surface area (Å²) in [5.74, 6) is -3.69. The minimum atomic E-state index is -2.59. The lowest BCUT2D eigenvalue weighted by Gasteiger charge is -2.28. The van der Waals surface area contributed by atoms with Gasteiger partial charge in [0.15, 0.2) is 0 Å². The van der Waals surface area contributed by atoms with Gasteiger partial charge in [0.05, 0.1) is 23.8 Å². The first-order valence-electron chi connectivity index (χ1n) is 10.2. The third-order valence-corrected chi connectivity index (χ3v) is 5.12. The monoisotopic (exact) mass is 471 g/mol. The molecule has 0 aliphatic carbocycles. The average molecular weight is 472 g/mol. The number of hydrogen-bond acceptors (Lipinski definition) is 7. The van der Waals surface area contributed by atoms with E-state index in [9.17, 15) is 19.2 Å². The standard InChI is InChI=1S/C24H22ClNO7/c1-4-31-22(29)24(33-15(3)27,23(30)32-5-2)18-14-26(20-17(18)12-9-13-19(20)25)21(28)16-10-7-6-8-11-16/h6-14H,4-5H2,1-3H3. The Hall–Kier alpha value is -3.65. The Bertz CT molecular complexity index is 1200. The third-order valence-electron chi connectivity index (χ3n) is 4.82. The van der Waals surface area contributed by atoms with E-state index in [1.54, 1.807) is 62.4 Å². The molecule has 172 valence electrons. The molecule has 1 heterocycles. The van der Waals surface area contributed by atoms with Gasteiger partial charge in [-0.15, -0.1) is 0 Å². The summed E-state index contributed by atoms with van der Waals surface area (Å²) in [6, 6.07) is 13.1. The lowest BCUT2D eigenvalue weighted by Crippen LogP contribution is -2.49. The van der Waals surface area contributed by atoms with Gasteiger partial charge in [0.25, 0.3) is 5.91 Å². The van der Waals surface area contributed by atoms with Crippen LogP contribution in [0.3, 0.4) is 0 Å². The number of carbonyl (C=O) groups excluding carboxylic acids is 4. The smallest absolute Gasteiger partial charge is 0.367 e. The van der Waals surface area contributed by atoms with Crippen molar-refractivity contribution in [3.05, 3.63) is 70.9 Å². The minimum absolute atomic E-state index is 0.0937. The number of rotatable bonds is 7. The number of hydrogen-bond donors (Lipinski definition) is 0. The maximum absolute atomic E-state index is 13.3. The van der Waals surface area contributed by atoms with Gasteiger partial charge in [0, 0.05) is 29.6 Å². The largest absolute Gasteiger partial charge is 0.462 e. The van der Waals surface area contributed by atoms with Gasteiger partial charge >= 0.3 is 23.5 Å². The minimum Gasteiger partial charge on any atom is -0.462 e. The summed E-state index contributed by atoms with van der Waals surface area (Å²) in [7, 11) is 0. The highest BCUT2D eigenvalue weighted by Crippen LogP contribution is 2.39. The Balaban J connectivity index is 2.39. The van der Waals surface area contributed by atoms with E-state index in [-0.39, 0.29) is 34.7 Å². The molecule has 8 nitrogen and oxygen atoms in total. The van der Waals surface area contributed by atoms with E-state index < -0.39 is 29.4 Å². The van der Waals surface area contributed by atoms with E-state index in [1.165, 1.54) is 10.8 Å². The van der Waals surface area contributed by atoms with E-state index in [1.807, 2.05) is 0 Å². The number of para-hydroxylation sites is 1. The van der Waals surface area contributed by atoms with Crippen molar-refractivity contribution in [1.82, 2.24) is 4.57 Å². The number of esters is 3. The summed E-state index contributed by atoms with van der Waals surface area (Å²) < 4.78 is 16.8. The first-order chi connectivity index (χ1) is 15.8. The van der Waals surface area contributed by atoms with Gasteiger partial charge in [0.2, 0.25) is 0 Å². The van der Waals surface area contributed by atoms with Crippen LogP contribution in [-0.4, -0.2) is 41.6 Å². The van der Waals surface area contributed by atoms with Crippen LogP contribution in [0.4, 0.5) is 0 Å². The van der Waals surface area contributed by atoms with Gasteiger partial charge in [0.1, 0.15) is 0 Å². The molecule has 0 saturated heterocycles. The molecular weight excluding hydrogens is 450 g/mol. The highest BCUT2D eigenvalue weighted by molar-refractivity contribution is 6.36. The molecule has 9 heteroatoms. The van der Waals surface area contributed by atoms with Crippen molar-refractivity contribution >= 4 is 46.3 Å². The number of halogens is 1. The van der Waals surface area contributed by atoms with Crippen molar-refractivity contribution in [1.29, 1.82) is 0 Å². The Kier molecular flexibility index (Phi) is 7.18. The molecule has 0 amide bonds. The van der Waals surface area contributed by atoms with Crippen molar-refractivity contribution in [2.45, 2.75) is 26.4 Å². The summed E-state index contributed by atoms with van der Waals surface area (Å²) in [6.07, 6.45) is 1.25. The molecule has 0 radical (unpaired) electrons. The third kappa shape index (κ3) is 4.34. The molecule has 0 aliphatic rings. The van der Waals surface area contributed by atoms with Crippen LogP contribution in [0.2, 0.25) is 5.02 Å². The quantitative estimate of drug-likeness (QED) is 0.293. The van der Waals surface area contributed by atoms with Crippen molar-refractivity contribution in [2.24, 2.45) is 0 Å². The first kappa shape index (κ1) is 24.0. The van der Waals surface area contributed by atoms with Gasteiger partial charge in [-0.25, -0.2) is 9.59 Å². The molecule has 0 N–H and O–H groups in total. The van der Waals surface area contributed by atoms with E-state index in [4.69, 9.17) is 25.8 Å². The van der Waals surface area contributed by atoms with Gasteiger partial charge in [-0.05, 0) is 32.0 Å². The predicted molar refractivity (Wildman–Crippen MR) is 120 cm³/mol. The molecule has 0 fully saturated rings. The molecule has 3 aromatic rings. The van der Waals surface area contributed by atoms with Crippen molar-refractivity contribution in [3.63, 3.8) is 0 Å². The predicted octanol–water partition coefficient (Wildman–Crippen LogP) is 3.87. The zero-order chi connectivity index (χ0) is 24.2. The number of nitrogens with zero attached hydrogens (tertiary/aromatic N) is 1. The second-order valence-corrected chi connectivity index (χ2v) is 7.34. The molecule has 0 spiro atoms. The number of benzene rings is 2. The highest BCUT2D eigenvalue weighted by Gasteiger charge is 2.56. The molecule has 2 aromatic carbocycles. The zero-order valence-electron chi connectivity index (χ0n) is 18.3. The van der Waals surface area contributed by atoms with Crippen LogP contribution in [0.5, 0.6) is 0 Å². The van der Waals surface area contributed by atoms with Crippen LogP contribution >= 0.6 is 11.6 Å². The average Bonchev–Trinajstić information content (AvgIpc) is 3.19. The molecule has 0 unspecified atom stereocenters. The lowest BCUT2D eigenvalue weighted by atomic mass is 9.92. The normalized spacial score (nSPS) is 11.2. The fourth-order valence-corrected chi connectivity index (χ4v) is 3.79. The van der Waals surface area contributed by atoms with Crippen LogP contribution in [-0.2, 0) is 34.2 Å². The zero-order valence-corrected chi connectivity index (χ0v) is 19.0. The van der Waals surface area contributed by atoms with Gasteiger partial charge < -0.3 is 14.2 Å². The lowest BCUT2D eigenvalue weighted by molar-refractivity contribution is -0.197. The maximum atomic E-state index is 13.3. The molecular formula is C24H22ClNO7. The SMILES string of the molecule is CCOC(=O)C(OC(C)=O)(C(=O)OCC)c1cn(C(=O)c2ccccc2)c2c(Cl)cccc12. The van der Waals surface area contributed by atoms with Crippen LogP contribution in [0.15, 0.2) is 54.7 Å². The number of carbonyl (C=O) groups is 4. The Labute approximate surface area is 195 Å². The van der Waals surface area contributed by atoms with Crippen LogP contribution < -0.4 is 0 Å². The molecule has 1 aromatic heterocycles. The second-order valence-electron chi connectivity index (χ2n) is 6.94. The fourth-order valence-electron chi connectivity index (χ4n) is 3.52. The highest BCUT2D eigenvalue weighted by atomic mass is 35.5. The summed E-state index contributed by atoms with van der Waals surface area (Å²) in [4.78, 5) is 51.7. The van der Waals surface area contributed by atoms with Crippen LogP contribution in [0, 0.1) is 0 Å². The Morgan fingerprint density at radius 3 is 2.06 bits per heavy atom. The summed E-state index contributed by atoms with van der Waals surface area (Å²) >= 11 is 6.43. The van der Waals surface area contributed by atoms with Crippen molar-refractivity contribution in [3.8, 4) is 0 Å². The van der Waals surface area contributed by atoms with Crippen molar-refractivity contribution < 1.29 is 33.4 Å². The number of fused-ring (bicyclic) bond motifs is 1. The molecule has 0 aliphatic heterocycles. The maximum Gasteiger partial charge on any atom is 0.367 e. The molecule has 0 saturated carbocycles. The van der Waals surface area contributed by atoms with E-state index >= 15 is 0 Å². The Morgan fingerprint density at radius 1 is 0.909 bits per heavy atom. The molecule has 33 heavy (non-hydrogen) atoms. The van der Waals surface area contributed by atoms with E-state index in [0.717, 1.165) is 6.92 Å². The van der Waals surface area contributed by atoms with E-state index in [2.05, 4.69) is 0 Å². The van der Waals surface area contributed by atoms with Gasteiger partial charge in [-0.1, -0.05) is 41.9 Å². The molecule has 0 atom stereocenters. The Morgan fingerprint density at radius 2 is 1.52 bits per heavy atom. The van der Waals surface area contributed by atoms with Crippen LogP contribution in [0.25, 0.3) is 10.9 Å². The topological polar surface area (TPSA) is 101 Å². The molecule has 3 rings (SSSR count). The van der Waals surface area contributed by atoms with Crippen molar-refractivity contribution in [2.75, 3.05) is 13.2 Å². The van der Waals surface area contributed by atoms with Crippen LogP contribution in [0.1, 0.15) is 36.7 Å². The van der Waals surface area contributed by atoms with Gasteiger partial charge in [-0.3, -0.25) is 14.2 Å². The molecule has 0 bridgehead atoms. The van der Waals surface area contributed by atoms with Gasteiger partial charge in [-0.2, -0.15) is 0 Å². The number of ether oxygens (including phenoxy) is 3. The first-order valence-corrected chi connectivity index (χ1v) is 10.6. The van der Waals surface area contributed by atoms with E-state index in [0.29, 0.717) is 5.56 Å². The second kappa shape index (κ2) is 9.87. The summed E-state index contributed by atoms with van der Waals surface area (Å²) in [5, 5.41) is 0.432. The number of aromatic nitrogens is 1.